The number of guanidine groups is 1. The highest BCUT2D eigenvalue weighted by molar-refractivity contribution is 14.0. The number of halogens is 2. The summed E-state index contributed by atoms with van der Waals surface area (Å²) in [6, 6.07) is 7.78. The highest BCUT2D eigenvalue weighted by Gasteiger charge is 2.04. The molecule has 1 rings (SSSR count). The van der Waals surface area contributed by atoms with Crippen molar-refractivity contribution in [2.75, 3.05) is 28.2 Å². The predicted molar refractivity (Wildman–Crippen MR) is 85.4 cm³/mol. The van der Waals surface area contributed by atoms with Gasteiger partial charge in [-0.1, -0.05) is 29.8 Å². The van der Waals surface area contributed by atoms with Gasteiger partial charge in [0.05, 0.1) is 6.54 Å². The molecule has 0 aromatic heterocycles. The number of aliphatic imine (C=N–C) groups is 1. The third kappa shape index (κ3) is 5.12. The molecular formula is C12H19ClIN3. The first-order valence-electron chi connectivity index (χ1n) is 5.15. The number of nitrogens with zero attached hydrogens (tertiary/aromatic N) is 3. The van der Waals surface area contributed by atoms with E-state index in [2.05, 4.69) is 4.99 Å². The summed E-state index contributed by atoms with van der Waals surface area (Å²) in [5, 5.41) is 0.767. The smallest absolute Gasteiger partial charge is 0.195 e. The van der Waals surface area contributed by atoms with Crippen LogP contribution in [0.4, 0.5) is 0 Å². The van der Waals surface area contributed by atoms with Gasteiger partial charge in [0.1, 0.15) is 0 Å². The second-order valence-corrected chi connectivity index (χ2v) is 4.40. The van der Waals surface area contributed by atoms with Gasteiger partial charge in [-0.15, -0.1) is 24.0 Å². The van der Waals surface area contributed by atoms with E-state index in [1.54, 1.807) is 0 Å². The first-order chi connectivity index (χ1) is 7.52. The fraction of sp³-hybridized carbons (Fsp3) is 0.417. The number of benzene rings is 1. The average molecular weight is 368 g/mol. The summed E-state index contributed by atoms with van der Waals surface area (Å²) in [6.45, 7) is 0.603. The van der Waals surface area contributed by atoms with E-state index >= 15 is 0 Å². The van der Waals surface area contributed by atoms with E-state index in [9.17, 15) is 0 Å². The maximum Gasteiger partial charge on any atom is 0.195 e. The Morgan fingerprint density at radius 3 is 2.12 bits per heavy atom. The van der Waals surface area contributed by atoms with Gasteiger partial charge < -0.3 is 9.80 Å². The number of rotatable bonds is 2. The van der Waals surface area contributed by atoms with Crippen LogP contribution in [0.2, 0.25) is 5.02 Å². The van der Waals surface area contributed by atoms with Gasteiger partial charge in [-0.2, -0.15) is 0 Å². The minimum atomic E-state index is 0. The van der Waals surface area contributed by atoms with Gasteiger partial charge in [0.25, 0.3) is 0 Å². The minimum Gasteiger partial charge on any atom is -0.349 e. The van der Waals surface area contributed by atoms with Crippen LogP contribution in [0.3, 0.4) is 0 Å². The Balaban J connectivity index is 0.00000256. The lowest BCUT2D eigenvalue weighted by Gasteiger charge is -2.22. The summed E-state index contributed by atoms with van der Waals surface area (Å²) in [5.74, 6) is 0.930. The molecule has 0 aliphatic rings. The zero-order chi connectivity index (χ0) is 12.1. The monoisotopic (exact) mass is 367 g/mol. The third-order valence-electron chi connectivity index (χ3n) is 2.15. The van der Waals surface area contributed by atoms with Gasteiger partial charge in [0, 0.05) is 33.2 Å². The molecule has 0 unspecified atom stereocenters. The largest absolute Gasteiger partial charge is 0.349 e. The normalized spacial score (nSPS) is 9.24. The zero-order valence-electron chi connectivity index (χ0n) is 10.6. The van der Waals surface area contributed by atoms with Crippen molar-refractivity contribution in [1.82, 2.24) is 9.80 Å². The molecule has 17 heavy (non-hydrogen) atoms. The van der Waals surface area contributed by atoms with Crippen LogP contribution >= 0.6 is 35.6 Å². The van der Waals surface area contributed by atoms with E-state index in [0.29, 0.717) is 6.54 Å². The topological polar surface area (TPSA) is 18.8 Å². The highest BCUT2D eigenvalue weighted by Crippen LogP contribution is 2.15. The molecule has 0 radical (unpaired) electrons. The molecule has 0 saturated carbocycles. The molecule has 5 heteroatoms. The Bertz CT molecular complexity index is 368. The lowest BCUT2D eigenvalue weighted by Crippen LogP contribution is -2.35. The first-order valence-corrected chi connectivity index (χ1v) is 5.52. The molecule has 0 amide bonds. The van der Waals surface area contributed by atoms with Gasteiger partial charge in [-0.25, -0.2) is 4.99 Å². The quantitative estimate of drug-likeness (QED) is 0.455. The number of hydrogen-bond acceptors (Lipinski definition) is 1. The first kappa shape index (κ1) is 16.5. The lowest BCUT2D eigenvalue weighted by atomic mass is 10.2. The van der Waals surface area contributed by atoms with Gasteiger partial charge in [0.2, 0.25) is 0 Å². The summed E-state index contributed by atoms with van der Waals surface area (Å²) >= 11 is 6.07. The van der Waals surface area contributed by atoms with Crippen molar-refractivity contribution >= 4 is 41.5 Å². The van der Waals surface area contributed by atoms with E-state index in [1.165, 1.54) is 0 Å². The maximum atomic E-state index is 6.07. The van der Waals surface area contributed by atoms with Crippen LogP contribution in [0.5, 0.6) is 0 Å². The zero-order valence-corrected chi connectivity index (χ0v) is 13.7. The van der Waals surface area contributed by atoms with Crippen molar-refractivity contribution in [3.05, 3.63) is 34.9 Å². The molecule has 0 fully saturated rings. The van der Waals surface area contributed by atoms with Crippen LogP contribution in [0, 0.1) is 0 Å². The predicted octanol–water partition coefficient (Wildman–Crippen LogP) is 2.94. The fourth-order valence-corrected chi connectivity index (χ4v) is 1.66. The standard InChI is InChI=1S/C12H18ClN3.HI/c1-15(2)12(16(3)4)14-9-10-7-5-6-8-11(10)13;/h5-8H,9H2,1-4H3;1H. The van der Waals surface area contributed by atoms with E-state index in [-0.39, 0.29) is 24.0 Å². The Labute approximate surface area is 125 Å². The average Bonchev–Trinajstić information content (AvgIpc) is 2.20. The molecule has 0 atom stereocenters. The molecule has 0 bridgehead atoms. The Morgan fingerprint density at radius 1 is 1.12 bits per heavy atom. The maximum absolute atomic E-state index is 6.07. The van der Waals surface area contributed by atoms with Crippen molar-refractivity contribution < 1.29 is 0 Å². The van der Waals surface area contributed by atoms with E-state index in [4.69, 9.17) is 11.6 Å². The van der Waals surface area contributed by atoms with Crippen molar-refractivity contribution in [3.63, 3.8) is 0 Å². The molecule has 1 aromatic rings. The van der Waals surface area contributed by atoms with Crippen molar-refractivity contribution in [1.29, 1.82) is 0 Å². The molecule has 96 valence electrons. The van der Waals surface area contributed by atoms with Crippen LogP contribution in [0.1, 0.15) is 5.56 Å². The van der Waals surface area contributed by atoms with Crippen LogP contribution in [-0.4, -0.2) is 44.0 Å². The third-order valence-corrected chi connectivity index (χ3v) is 2.52. The summed E-state index contributed by atoms with van der Waals surface area (Å²) in [4.78, 5) is 8.50. The minimum absolute atomic E-state index is 0. The van der Waals surface area contributed by atoms with E-state index in [1.807, 2.05) is 62.3 Å². The summed E-state index contributed by atoms with van der Waals surface area (Å²) in [5.41, 5.74) is 1.05. The lowest BCUT2D eigenvalue weighted by molar-refractivity contribution is 0.479. The molecule has 0 N–H and O–H groups in total. The van der Waals surface area contributed by atoms with Gasteiger partial charge in [-0.3, -0.25) is 0 Å². The molecule has 0 saturated heterocycles. The van der Waals surface area contributed by atoms with Gasteiger partial charge in [-0.05, 0) is 11.6 Å². The Morgan fingerprint density at radius 2 is 1.65 bits per heavy atom. The summed E-state index contributed by atoms with van der Waals surface area (Å²) in [6.07, 6.45) is 0. The molecule has 3 nitrogen and oxygen atoms in total. The van der Waals surface area contributed by atoms with E-state index < -0.39 is 0 Å². The second kappa shape index (κ2) is 7.76. The summed E-state index contributed by atoms with van der Waals surface area (Å²) in [7, 11) is 7.91. The van der Waals surface area contributed by atoms with Crippen LogP contribution in [0.15, 0.2) is 29.3 Å². The van der Waals surface area contributed by atoms with Crippen molar-refractivity contribution in [2.45, 2.75) is 6.54 Å². The fourth-order valence-electron chi connectivity index (χ4n) is 1.47. The molecule has 0 aliphatic heterocycles. The Hall–Kier alpha value is -0.490. The molecule has 0 aliphatic carbocycles. The van der Waals surface area contributed by atoms with E-state index in [0.717, 1.165) is 16.5 Å². The van der Waals surface area contributed by atoms with Crippen molar-refractivity contribution in [2.24, 2.45) is 4.99 Å². The molecule has 1 aromatic carbocycles. The van der Waals surface area contributed by atoms with Gasteiger partial charge >= 0.3 is 0 Å². The van der Waals surface area contributed by atoms with Crippen LogP contribution in [-0.2, 0) is 6.54 Å². The summed E-state index contributed by atoms with van der Waals surface area (Å²) < 4.78 is 0. The Kier molecular flexibility index (Phi) is 7.54. The number of hydrogen-bond donors (Lipinski definition) is 0. The SMILES string of the molecule is CN(C)C(=NCc1ccccc1Cl)N(C)C.I. The molecular weight excluding hydrogens is 349 g/mol. The van der Waals surface area contributed by atoms with Crippen LogP contribution in [0.25, 0.3) is 0 Å². The van der Waals surface area contributed by atoms with Crippen molar-refractivity contribution in [3.8, 4) is 0 Å². The second-order valence-electron chi connectivity index (χ2n) is 4.00. The van der Waals surface area contributed by atoms with Crippen LogP contribution < -0.4 is 0 Å². The molecule has 0 spiro atoms. The van der Waals surface area contributed by atoms with Gasteiger partial charge in [0.15, 0.2) is 5.96 Å². The molecule has 0 heterocycles. The highest BCUT2D eigenvalue weighted by atomic mass is 127.